The van der Waals surface area contributed by atoms with E-state index < -0.39 is 47.8 Å². The van der Waals surface area contributed by atoms with E-state index in [-0.39, 0.29) is 31.4 Å². The van der Waals surface area contributed by atoms with E-state index in [2.05, 4.69) is 25.9 Å². The van der Waals surface area contributed by atoms with Gasteiger partial charge in [0, 0.05) is 53.5 Å². The van der Waals surface area contributed by atoms with Crippen LogP contribution in [0.15, 0.2) is 109 Å². The topological polar surface area (TPSA) is 208 Å². The van der Waals surface area contributed by atoms with Crippen molar-refractivity contribution in [3.8, 4) is 5.75 Å². The first-order valence-electron chi connectivity index (χ1n) is 17.1. The Bertz CT molecular complexity index is 2250. The van der Waals surface area contributed by atoms with Gasteiger partial charge in [-0.15, -0.1) is 0 Å². The number of phenolic OH excluding ortho intramolecular Hbond substituents is 1. The van der Waals surface area contributed by atoms with Crippen molar-refractivity contribution in [1.82, 2.24) is 25.9 Å². The molecule has 4 amide bonds. The molecule has 2 aromatic heterocycles. The second kappa shape index (κ2) is 16.8. The lowest BCUT2D eigenvalue weighted by atomic mass is 10.00. The van der Waals surface area contributed by atoms with Crippen molar-refractivity contribution in [3.63, 3.8) is 0 Å². The normalized spacial score (nSPS) is 13.5. The minimum Gasteiger partial charge on any atom is -0.507 e. The molecule has 6 rings (SSSR count). The van der Waals surface area contributed by atoms with Crippen molar-refractivity contribution in [2.24, 2.45) is 11.5 Å². The summed E-state index contributed by atoms with van der Waals surface area (Å²) in [5.41, 5.74) is 17.0. The minimum absolute atomic E-state index is 0.0928. The second-order valence-corrected chi connectivity index (χ2v) is 14.2. The zero-order chi connectivity index (χ0) is 37.5. The molecule has 0 saturated carbocycles. The molecule has 272 valence electrons. The Morgan fingerprint density at radius 2 is 1.13 bits per heavy atom. The van der Waals surface area contributed by atoms with E-state index in [1.807, 2.05) is 101 Å². The van der Waals surface area contributed by atoms with Crippen LogP contribution in [0.3, 0.4) is 0 Å². The van der Waals surface area contributed by atoms with Crippen LogP contribution in [0.5, 0.6) is 5.75 Å². The van der Waals surface area contributed by atoms with Gasteiger partial charge in [-0.1, -0.05) is 72.8 Å². The molecule has 0 spiro atoms. The number of nitrogens with one attached hydrogen (secondary N) is 5. The van der Waals surface area contributed by atoms with E-state index in [4.69, 9.17) is 11.5 Å². The average molecular weight is 826 g/mol. The Kier molecular flexibility index (Phi) is 11.7. The molecule has 0 unspecified atom stereocenters. The van der Waals surface area contributed by atoms with Gasteiger partial charge in [0.25, 0.3) is 0 Å². The fourth-order valence-corrected chi connectivity index (χ4v) is 6.96. The molecule has 4 aromatic carbocycles. The second-order valence-electron chi connectivity index (χ2n) is 13.0. The van der Waals surface area contributed by atoms with Crippen LogP contribution in [0.25, 0.3) is 21.8 Å². The largest absolute Gasteiger partial charge is 0.507 e. The third kappa shape index (κ3) is 9.23. The number of aromatic amines is 2. The van der Waals surface area contributed by atoms with Crippen molar-refractivity contribution in [3.05, 3.63) is 135 Å². The molecule has 0 aliphatic rings. The van der Waals surface area contributed by atoms with Gasteiger partial charge in [-0.2, -0.15) is 0 Å². The molecule has 10 N–H and O–H groups in total. The van der Waals surface area contributed by atoms with Crippen LogP contribution in [-0.2, 0) is 44.9 Å². The van der Waals surface area contributed by atoms with Crippen LogP contribution in [0.1, 0.15) is 22.3 Å². The van der Waals surface area contributed by atoms with Gasteiger partial charge in [0.2, 0.25) is 23.6 Å². The maximum absolute atomic E-state index is 14.3. The van der Waals surface area contributed by atoms with Crippen molar-refractivity contribution >= 4 is 68.0 Å². The Labute approximate surface area is 319 Å². The number of primary amides is 1. The molecule has 2 heterocycles. The van der Waals surface area contributed by atoms with Gasteiger partial charge in [0.1, 0.15) is 23.9 Å². The molecule has 4 atom stereocenters. The number of para-hydroxylation sites is 2. The van der Waals surface area contributed by atoms with Gasteiger partial charge in [-0.3, -0.25) is 19.2 Å². The van der Waals surface area contributed by atoms with E-state index in [0.717, 1.165) is 44.1 Å². The number of benzene rings is 4. The predicted molar refractivity (Wildman–Crippen MR) is 212 cm³/mol. The summed E-state index contributed by atoms with van der Waals surface area (Å²) in [4.78, 5) is 60.9. The number of fused-ring (bicyclic) bond motifs is 2. The van der Waals surface area contributed by atoms with Gasteiger partial charge < -0.3 is 42.5 Å². The van der Waals surface area contributed by atoms with Gasteiger partial charge in [0.15, 0.2) is 0 Å². The molecule has 0 aliphatic carbocycles. The molecule has 0 bridgehead atoms. The molecule has 53 heavy (non-hydrogen) atoms. The lowest BCUT2D eigenvalue weighted by Crippen LogP contribution is -2.58. The summed E-state index contributed by atoms with van der Waals surface area (Å²) in [6.45, 7) is 0. The van der Waals surface area contributed by atoms with Gasteiger partial charge in [0.05, 0.1) is 9.61 Å². The number of H-pyrrole nitrogens is 2. The van der Waals surface area contributed by atoms with E-state index >= 15 is 0 Å². The molecular weight excluding hydrogens is 785 g/mol. The molecule has 0 radical (unpaired) electrons. The van der Waals surface area contributed by atoms with E-state index in [1.165, 1.54) is 6.07 Å². The number of aromatic nitrogens is 2. The van der Waals surface area contributed by atoms with Crippen molar-refractivity contribution in [2.45, 2.75) is 49.9 Å². The number of nitrogens with two attached hydrogens (primary N) is 2. The zero-order valence-corrected chi connectivity index (χ0v) is 30.8. The molecule has 13 heteroatoms. The first kappa shape index (κ1) is 37.1. The van der Waals surface area contributed by atoms with E-state index in [1.54, 1.807) is 24.5 Å². The summed E-state index contributed by atoms with van der Waals surface area (Å²) in [6.07, 6.45) is 4.05. The molecule has 0 aliphatic heterocycles. The van der Waals surface area contributed by atoms with Gasteiger partial charge >= 0.3 is 0 Å². The van der Waals surface area contributed by atoms with Crippen molar-refractivity contribution < 1.29 is 24.3 Å². The van der Waals surface area contributed by atoms with Crippen LogP contribution in [0.4, 0.5) is 0 Å². The number of halogens is 1. The highest BCUT2D eigenvalue weighted by Crippen LogP contribution is 2.22. The quantitative estimate of drug-likeness (QED) is 0.0727. The predicted octanol–water partition coefficient (Wildman–Crippen LogP) is 3.50. The molecule has 12 nitrogen and oxygen atoms in total. The Balaban J connectivity index is 1.24. The standard InChI is InChI=1S/C40H40IN7O5/c41-29-16-24(14-15-36(29)49)17-30(42)38(51)47-35(20-26-22-45-32-13-7-5-11-28(26)32)40(53)48-34(18-23-8-2-1-3-9-23)39(52)46-33(37(43)50)19-25-21-44-31-12-6-4-10-27(25)31/h1-16,21-22,30,33-35,44-45,49H,17-20,42H2,(H2,43,50)(H,46,52)(H,47,51)(H,48,53)/t30-,33+,34+,35+/m0/s1. The van der Waals surface area contributed by atoms with Gasteiger partial charge in [-0.05, 0) is 75.5 Å². The summed E-state index contributed by atoms with van der Waals surface area (Å²) in [5.74, 6) is -2.39. The lowest BCUT2D eigenvalue weighted by Gasteiger charge is -2.26. The number of carbonyl (C=O) groups is 4. The fourth-order valence-electron chi connectivity index (χ4n) is 6.38. The lowest BCUT2D eigenvalue weighted by molar-refractivity contribution is -0.133. The maximum Gasteiger partial charge on any atom is 0.243 e. The smallest absolute Gasteiger partial charge is 0.243 e. The average Bonchev–Trinajstić information content (AvgIpc) is 3.76. The SMILES string of the molecule is NC(=O)[C@@H](Cc1c[nH]c2ccccc12)NC(=O)[C@@H](Cc1ccccc1)NC(=O)[C@@H](Cc1c[nH]c2ccccc12)NC(=O)[C@@H](N)Cc1ccc(O)c(I)c1. The fraction of sp³-hybridized carbons (Fsp3) is 0.200. The highest BCUT2D eigenvalue weighted by Gasteiger charge is 2.31. The van der Waals surface area contributed by atoms with Crippen molar-refractivity contribution in [2.75, 3.05) is 0 Å². The Hall–Kier alpha value is -5.67. The highest BCUT2D eigenvalue weighted by molar-refractivity contribution is 14.1. The minimum atomic E-state index is -1.13. The summed E-state index contributed by atoms with van der Waals surface area (Å²) in [6, 6.07) is 25.0. The molecule has 0 fully saturated rings. The van der Waals surface area contributed by atoms with Gasteiger partial charge in [-0.25, -0.2) is 0 Å². The summed E-state index contributed by atoms with van der Waals surface area (Å²) >= 11 is 2.00. The third-order valence-electron chi connectivity index (χ3n) is 9.21. The number of hydrogen-bond acceptors (Lipinski definition) is 6. The first-order valence-corrected chi connectivity index (χ1v) is 18.2. The maximum atomic E-state index is 14.3. The van der Waals surface area contributed by atoms with Crippen LogP contribution in [0.2, 0.25) is 0 Å². The summed E-state index contributed by atoms with van der Waals surface area (Å²) in [5, 5.41) is 20.2. The monoisotopic (exact) mass is 825 g/mol. The molecule has 6 aromatic rings. The number of amides is 4. The van der Waals surface area contributed by atoms with Crippen LogP contribution < -0.4 is 27.4 Å². The van der Waals surface area contributed by atoms with Crippen LogP contribution in [0, 0.1) is 3.57 Å². The number of hydrogen-bond donors (Lipinski definition) is 8. The summed E-state index contributed by atoms with van der Waals surface area (Å²) in [7, 11) is 0. The van der Waals surface area contributed by atoms with Crippen LogP contribution in [-0.4, -0.2) is 62.9 Å². The molecule has 0 saturated heterocycles. The zero-order valence-electron chi connectivity index (χ0n) is 28.6. The highest BCUT2D eigenvalue weighted by atomic mass is 127. The molecular formula is C40H40IN7O5. The summed E-state index contributed by atoms with van der Waals surface area (Å²) < 4.78 is 0.618. The van der Waals surface area contributed by atoms with E-state index in [9.17, 15) is 24.3 Å². The third-order valence-corrected chi connectivity index (χ3v) is 10.1. The first-order chi connectivity index (χ1) is 25.5. The Morgan fingerprint density at radius 3 is 1.72 bits per heavy atom. The van der Waals surface area contributed by atoms with E-state index in [0.29, 0.717) is 3.57 Å². The number of aromatic hydroxyl groups is 1. The number of rotatable bonds is 15. The number of phenols is 1. The van der Waals surface area contributed by atoms with Crippen molar-refractivity contribution in [1.29, 1.82) is 0 Å². The van der Waals surface area contributed by atoms with Crippen LogP contribution >= 0.6 is 22.6 Å². The Morgan fingerprint density at radius 1 is 0.623 bits per heavy atom. The number of carbonyl (C=O) groups excluding carboxylic acids is 4.